The molecule has 0 aliphatic rings. The summed E-state index contributed by atoms with van der Waals surface area (Å²) in [4.78, 5) is 23.2. The van der Waals surface area contributed by atoms with E-state index in [1.54, 1.807) is 24.3 Å². The molecule has 0 spiro atoms. The van der Waals surface area contributed by atoms with Crippen LogP contribution in [0.4, 0.5) is 19.3 Å². The Bertz CT molecular complexity index is 817. The predicted molar refractivity (Wildman–Crippen MR) is 91.7 cm³/mol. The summed E-state index contributed by atoms with van der Waals surface area (Å²) in [5, 5.41) is 5.14. The third-order valence-corrected chi connectivity index (χ3v) is 3.40. The summed E-state index contributed by atoms with van der Waals surface area (Å²) in [5.74, 6) is -2.57. The highest BCUT2D eigenvalue weighted by molar-refractivity contribution is 6.30. The van der Waals surface area contributed by atoms with Crippen molar-refractivity contribution >= 4 is 29.3 Å². The van der Waals surface area contributed by atoms with Crippen LogP contribution in [0.5, 0.6) is 5.75 Å². The third kappa shape index (κ3) is 5.32. The minimum absolute atomic E-state index is 0.116. The Morgan fingerprint density at radius 2 is 1.92 bits per heavy atom. The number of methoxy groups -OCH3 is 1. The number of nitrogens with one attached hydrogen (secondary N) is 2. The van der Waals surface area contributed by atoms with Crippen LogP contribution in [0.1, 0.15) is 10.4 Å². The van der Waals surface area contributed by atoms with Crippen molar-refractivity contribution < 1.29 is 27.8 Å². The number of halogens is 3. The quantitative estimate of drug-likeness (QED) is 0.589. The lowest BCUT2D eigenvalue weighted by atomic mass is 10.2. The largest absolute Gasteiger partial charge is 0.492 e. The molecule has 26 heavy (non-hydrogen) atoms. The molecule has 0 aliphatic heterocycles. The molecule has 0 atom stereocenters. The molecule has 0 saturated carbocycles. The molecule has 0 fully saturated rings. The minimum Gasteiger partial charge on any atom is -0.492 e. The summed E-state index contributed by atoms with van der Waals surface area (Å²) in [6.07, 6.45) is 0. The van der Waals surface area contributed by atoms with Gasteiger partial charge >= 0.3 is 12.0 Å². The van der Waals surface area contributed by atoms with Crippen LogP contribution in [-0.4, -0.2) is 32.3 Å². The highest BCUT2D eigenvalue weighted by atomic mass is 35.5. The van der Waals surface area contributed by atoms with E-state index in [2.05, 4.69) is 15.4 Å². The molecule has 6 nitrogen and oxygen atoms in total. The maximum atomic E-state index is 13.7. The zero-order chi connectivity index (χ0) is 19.1. The molecule has 0 unspecified atom stereocenters. The lowest BCUT2D eigenvalue weighted by Crippen LogP contribution is -2.32. The van der Waals surface area contributed by atoms with Gasteiger partial charge in [-0.25, -0.2) is 18.4 Å². The Hall–Kier alpha value is -2.87. The zero-order valence-corrected chi connectivity index (χ0v) is 14.4. The van der Waals surface area contributed by atoms with E-state index in [-0.39, 0.29) is 18.8 Å². The highest BCUT2D eigenvalue weighted by Gasteiger charge is 2.17. The van der Waals surface area contributed by atoms with Crippen LogP contribution in [0, 0.1) is 11.6 Å². The first-order chi connectivity index (χ1) is 12.4. The summed E-state index contributed by atoms with van der Waals surface area (Å²) >= 11 is 5.81. The van der Waals surface area contributed by atoms with Crippen molar-refractivity contribution in [2.45, 2.75) is 0 Å². The van der Waals surface area contributed by atoms with Crippen LogP contribution in [-0.2, 0) is 4.74 Å². The summed E-state index contributed by atoms with van der Waals surface area (Å²) in [6, 6.07) is 7.33. The Kier molecular flexibility index (Phi) is 6.74. The molecular formula is C17H15ClF2N2O4. The van der Waals surface area contributed by atoms with E-state index in [0.717, 1.165) is 13.2 Å². The van der Waals surface area contributed by atoms with Crippen LogP contribution in [0.2, 0.25) is 5.02 Å². The number of hydrogen-bond donors (Lipinski definition) is 2. The number of hydrogen-bond acceptors (Lipinski definition) is 4. The van der Waals surface area contributed by atoms with Crippen molar-refractivity contribution in [1.29, 1.82) is 0 Å². The predicted octanol–water partition coefficient (Wildman–Crippen LogP) is 3.61. The fraction of sp³-hybridized carbons (Fsp3) is 0.176. The number of rotatable bonds is 6. The molecule has 2 rings (SSSR count). The topological polar surface area (TPSA) is 76.7 Å². The molecule has 0 aliphatic carbocycles. The van der Waals surface area contributed by atoms with Crippen molar-refractivity contribution in [3.05, 3.63) is 58.6 Å². The molecule has 2 aromatic carbocycles. The molecule has 0 aromatic heterocycles. The smallest absolute Gasteiger partial charge is 0.340 e. The van der Waals surface area contributed by atoms with E-state index < -0.39 is 29.2 Å². The second-order valence-corrected chi connectivity index (χ2v) is 5.43. The Morgan fingerprint density at radius 3 is 2.62 bits per heavy atom. The van der Waals surface area contributed by atoms with E-state index in [4.69, 9.17) is 16.3 Å². The van der Waals surface area contributed by atoms with Crippen LogP contribution in [0.15, 0.2) is 36.4 Å². The van der Waals surface area contributed by atoms with E-state index in [9.17, 15) is 18.4 Å². The van der Waals surface area contributed by atoms with Gasteiger partial charge in [0.2, 0.25) is 0 Å². The van der Waals surface area contributed by atoms with Gasteiger partial charge in [0, 0.05) is 11.1 Å². The number of anilines is 1. The van der Waals surface area contributed by atoms with Crippen molar-refractivity contribution in [2.75, 3.05) is 25.6 Å². The number of benzene rings is 2. The van der Waals surface area contributed by atoms with E-state index in [1.165, 1.54) is 0 Å². The van der Waals surface area contributed by atoms with Crippen LogP contribution < -0.4 is 15.4 Å². The zero-order valence-electron chi connectivity index (χ0n) is 13.6. The van der Waals surface area contributed by atoms with Crippen molar-refractivity contribution in [2.24, 2.45) is 0 Å². The molecule has 0 heterocycles. The van der Waals surface area contributed by atoms with Gasteiger partial charge in [0.25, 0.3) is 0 Å². The fourth-order valence-corrected chi connectivity index (χ4v) is 2.15. The normalized spacial score (nSPS) is 10.2. The fourth-order valence-electron chi connectivity index (χ4n) is 1.97. The van der Waals surface area contributed by atoms with Crippen LogP contribution in [0.25, 0.3) is 0 Å². The van der Waals surface area contributed by atoms with Gasteiger partial charge in [0.1, 0.15) is 24.0 Å². The standard InChI is InChI=1S/C17H15ClF2N2O4/c1-25-16(23)12-8-15(14(20)9-13(12)19)22-17(24)21-5-6-26-11-4-2-3-10(18)7-11/h2-4,7-9H,5-6H2,1H3,(H2,21,22,24). The Balaban J connectivity index is 1.88. The highest BCUT2D eigenvalue weighted by Crippen LogP contribution is 2.20. The number of urea groups is 1. The summed E-state index contributed by atoms with van der Waals surface area (Å²) in [7, 11) is 1.06. The first-order valence-corrected chi connectivity index (χ1v) is 7.79. The van der Waals surface area contributed by atoms with Gasteiger partial charge in [-0.3, -0.25) is 0 Å². The van der Waals surface area contributed by atoms with Gasteiger partial charge in [0.05, 0.1) is 24.9 Å². The molecule has 2 N–H and O–H groups in total. The van der Waals surface area contributed by atoms with Crippen LogP contribution >= 0.6 is 11.6 Å². The first-order valence-electron chi connectivity index (χ1n) is 7.41. The molecule has 0 bridgehead atoms. The van der Waals surface area contributed by atoms with Crippen molar-refractivity contribution in [1.82, 2.24) is 5.32 Å². The van der Waals surface area contributed by atoms with Crippen molar-refractivity contribution in [3.8, 4) is 5.75 Å². The summed E-state index contributed by atoms with van der Waals surface area (Å²) < 4.78 is 37.1. The molecule has 0 radical (unpaired) electrons. The molecule has 2 amide bonds. The number of carbonyl (C=O) groups is 2. The lowest BCUT2D eigenvalue weighted by Gasteiger charge is -2.11. The maximum Gasteiger partial charge on any atom is 0.340 e. The number of carbonyl (C=O) groups excluding carboxylic acids is 2. The molecular weight excluding hydrogens is 370 g/mol. The molecule has 2 aromatic rings. The van der Waals surface area contributed by atoms with E-state index >= 15 is 0 Å². The second kappa shape index (κ2) is 9.00. The van der Waals surface area contributed by atoms with E-state index in [1.807, 2.05) is 0 Å². The van der Waals surface area contributed by atoms with Gasteiger partial charge in [-0.2, -0.15) is 0 Å². The van der Waals surface area contributed by atoms with Gasteiger partial charge in [-0.1, -0.05) is 17.7 Å². The average Bonchev–Trinajstić information content (AvgIpc) is 2.60. The Labute approximate surface area is 153 Å². The average molecular weight is 385 g/mol. The van der Waals surface area contributed by atoms with Crippen molar-refractivity contribution in [3.63, 3.8) is 0 Å². The maximum absolute atomic E-state index is 13.7. The minimum atomic E-state index is -1.09. The SMILES string of the molecule is COC(=O)c1cc(NC(=O)NCCOc2cccc(Cl)c2)c(F)cc1F. The molecule has 9 heteroatoms. The Morgan fingerprint density at radius 1 is 1.15 bits per heavy atom. The number of ether oxygens (including phenoxy) is 2. The first kappa shape index (κ1) is 19.5. The summed E-state index contributed by atoms with van der Waals surface area (Å²) in [5.41, 5.74) is -0.853. The van der Waals surface area contributed by atoms with Gasteiger partial charge in [0.15, 0.2) is 0 Å². The van der Waals surface area contributed by atoms with Crippen LogP contribution in [0.3, 0.4) is 0 Å². The van der Waals surface area contributed by atoms with Gasteiger partial charge in [-0.15, -0.1) is 0 Å². The number of esters is 1. The molecule has 0 saturated heterocycles. The third-order valence-electron chi connectivity index (χ3n) is 3.16. The molecule has 138 valence electrons. The lowest BCUT2D eigenvalue weighted by molar-refractivity contribution is 0.0595. The van der Waals surface area contributed by atoms with Gasteiger partial charge < -0.3 is 20.1 Å². The monoisotopic (exact) mass is 384 g/mol. The summed E-state index contributed by atoms with van der Waals surface area (Å²) in [6.45, 7) is 0.262. The van der Waals surface area contributed by atoms with Gasteiger partial charge in [-0.05, 0) is 24.3 Å². The number of amides is 2. The van der Waals surface area contributed by atoms with E-state index in [0.29, 0.717) is 16.8 Å². The second-order valence-electron chi connectivity index (χ2n) is 4.99.